The highest BCUT2D eigenvalue weighted by molar-refractivity contribution is 5.65. The summed E-state index contributed by atoms with van der Waals surface area (Å²) < 4.78 is 0. The van der Waals surface area contributed by atoms with E-state index in [4.69, 9.17) is 9.97 Å². The zero-order chi connectivity index (χ0) is 17.6. The molecule has 0 fully saturated rings. The topological polar surface area (TPSA) is 61.9 Å². The molecule has 1 N–H and O–H groups in total. The van der Waals surface area contributed by atoms with Gasteiger partial charge in [-0.3, -0.25) is 4.79 Å². The maximum absolute atomic E-state index is 12.5. The van der Waals surface area contributed by atoms with Crippen LogP contribution in [0, 0.1) is 6.92 Å². The van der Waals surface area contributed by atoms with Crippen molar-refractivity contribution in [3.05, 3.63) is 39.6 Å². The molecule has 0 amide bonds. The van der Waals surface area contributed by atoms with Crippen LogP contribution in [0.15, 0.2) is 16.9 Å². The minimum atomic E-state index is -0.0927. The van der Waals surface area contributed by atoms with E-state index in [1.54, 1.807) is 0 Å². The Labute approximate surface area is 143 Å². The number of nitrogens with one attached hydrogen (secondary N) is 1. The number of anilines is 1. The number of pyridine rings is 1. The summed E-state index contributed by atoms with van der Waals surface area (Å²) in [6, 6.07) is 4.23. The van der Waals surface area contributed by atoms with E-state index in [0.717, 1.165) is 29.4 Å². The van der Waals surface area contributed by atoms with Crippen molar-refractivity contribution in [1.82, 2.24) is 15.0 Å². The van der Waals surface area contributed by atoms with E-state index < -0.39 is 0 Å². The third kappa shape index (κ3) is 2.72. The molecule has 0 bridgehead atoms. The van der Waals surface area contributed by atoms with E-state index >= 15 is 0 Å². The van der Waals surface area contributed by atoms with E-state index in [2.05, 4.69) is 44.5 Å². The molecule has 0 spiro atoms. The average molecular weight is 326 g/mol. The van der Waals surface area contributed by atoms with Crippen LogP contribution in [0.4, 0.5) is 5.82 Å². The normalized spacial score (nSPS) is 17.0. The first-order chi connectivity index (χ1) is 11.3. The Bertz CT molecular complexity index is 823. The number of nitrogens with zero attached hydrogens (tertiary/aromatic N) is 3. The summed E-state index contributed by atoms with van der Waals surface area (Å²) in [6.45, 7) is 13.5. The van der Waals surface area contributed by atoms with Gasteiger partial charge in [-0.2, -0.15) is 0 Å². The smallest absolute Gasteiger partial charge is 0.257 e. The predicted octanol–water partition coefficient (Wildman–Crippen LogP) is 3.60. The third-order valence-corrected chi connectivity index (χ3v) is 4.72. The van der Waals surface area contributed by atoms with Crippen LogP contribution in [0.25, 0.3) is 11.3 Å². The van der Waals surface area contributed by atoms with Gasteiger partial charge < -0.3 is 9.88 Å². The second kappa shape index (κ2) is 6.04. The number of H-pyrrole nitrogens is 1. The number of aryl methyl sites for hydroxylation is 1. The third-order valence-electron chi connectivity index (χ3n) is 4.72. The maximum Gasteiger partial charge on any atom is 0.257 e. The van der Waals surface area contributed by atoms with Crippen LogP contribution >= 0.6 is 0 Å². The van der Waals surface area contributed by atoms with E-state index in [0.29, 0.717) is 29.1 Å². The fourth-order valence-electron chi connectivity index (χ4n) is 3.25. The lowest BCUT2D eigenvalue weighted by atomic mass is 10.1. The highest BCUT2D eigenvalue weighted by Crippen LogP contribution is 2.36. The van der Waals surface area contributed by atoms with Crippen LogP contribution in [0.3, 0.4) is 0 Å². The lowest BCUT2D eigenvalue weighted by Gasteiger charge is -2.23. The molecule has 1 aliphatic heterocycles. The minimum absolute atomic E-state index is 0.0927. The molecule has 1 unspecified atom stereocenters. The van der Waals surface area contributed by atoms with E-state index in [1.165, 1.54) is 0 Å². The second-order valence-electron chi connectivity index (χ2n) is 7.32. The molecular weight excluding hydrogens is 300 g/mol. The van der Waals surface area contributed by atoms with Gasteiger partial charge in [0.15, 0.2) is 5.82 Å². The maximum atomic E-state index is 12.5. The van der Waals surface area contributed by atoms with Gasteiger partial charge in [0, 0.05) is 24.2 Å². The summed E-state index contributed by atoms with van der Waals surface area (Å²) in [4.78, 5) is 27.4. The van der Waals surface area contributed by atoms with Gasteiger partial charge in [0.2, 0.25) is 0 Å². The van der Waals surface area contributed by atoms with Gasteiger partial charge in [-0.15, -0.1) is 0 Å². The summed E-state index contributed by atoms with van der Waals surface area (Å²) >= 11 is 0. The van der Waals surface area contributed by atoms with E-state index in [-0.39, 0.29) is 5.56 Å². The van der Waals surface area contributed by atoms with Gasteiger partial charge in [-0.25, -0.2) is 9.97 Å². The second-order valence-corrected chi connectivity index (χ2v) is 7.32. The summed E-state index contributed by atoms with van der Waals surface area (Å²) in [5.41, 5.74) is 3.94. The van der Waals surface area contributed by atoms with E-state index in [1.807, 2.05) is 19.1 Å². The van der Waals surface area contributed by atoms with Crippen molar-refractivity contribution < 1.29 is 0 Å². The molecule has 0 radical (unpaired) electrons. The van der Waals surface area contributed by atoms with Crippen LogP contribution in [0.1, 0.15) is 63.5 Å². The van der Waals surface area contributed by atoms with Gasteiger partial charge in [0.1, 0.15) is 0 Å². The van der Waals surface area contributed by atoms with Crippen molar-refractivity contribution in [2.45, 2.75) is 59.4 Å². The SMILES string of the molecule is Cc1nc2c(nc1-c1ccc(C(C)C)[nH]c1=O)C(C)CN2C(C)C. The van der Waals surface area contributed by atoms with Crippen LogP contribution in [-0.2, 0) is 0 Å². The monoisotopic (exact) mass is 326 g/mol. The number of aromatic amines is 1. The molecular formula is C19H26N4O. The molecule has 0 saturated carbocycles. The van der Waals surface area contributed by atoms with Crippen LogP contribution in [0.5, 0.6) is 0 Å². The van der Waals surface area contributed by atoms with Crippen LogP contribution < -0.4 is 10.5 Å². The number of aromatic nitrogens is 3. The standard InChI is InChI=1S/C19H26N4O/c1-10(2)15-8-7-14(19(24)21-15)17-13(6)20-18-16(22-17)12(5)9-23(18)11(3)4/h7-8,10-12H,9H2,1-6H3,(H,21,24). The molecule has 24 heavy (non-hydrogen) atoms. The lowest BCUT2D eigenvalue weighted by Crippen LogP contribution is -2.29. The first-order valence-corrected chi connectivity index (χ1v) is 8.68. The molecule has 2 aromatic heterocycles. The molecule has 0 aliphatic carbocycles. The molecule has 3 heterocycles. The molecule has 5 nitrogen and oxygen atoms in total. The van der Waals surface area contributed by atoms with E-state index in [9.17, 15) is 4.79 Å². The number of rotatable bonds is 3. The largest absolute Gasteiger partial charge is 0.352 e. The predicted molar refractivity (Wildman–Crippen MR) is 97.8 cm³/mol. The highest BCUT2D eigenvalue weighted by Gasteiger charge is 2.31. The van der Waals surface area contributed by atoms with Crippen molar-refractivity contribution in [3.63, 3.8) is 0 Å². The Balaban J connectivity index is 2.11. The first-order valence-electron chi connectivity index (χ1n) is 8.68. The summed E-state index contributed by atoms with van der Waals surface area (Å²) in [6.07, 6.45) is 0. The molecule has 0 aromatic carbocycles. The minimum Gasteiger partial charge on any atom is -0.352 e. The fraction of sp³-hybridized carbons (Fsp3) is 0.526. The van der Waals surface area contributed by atoms with Gasteiger partial charge in [-0.05, 0) is 38.8 Å². The van der Waals surface area contributed by atoms with Crippen molar-refractivity contribution >= 4 is 5.82 Å². The Morgan fingerprint density at radius 3 is 2.50 bits per heavy atom. The zero-order valence-corrected chi connectivity index (χ0v) is 15.3. The molecule has 3 rings (SSSR count). The number of fused-ring (bicyclic) bond motifs is 1. The quantitative estimate of drug-likeness (QED) is 0.936. The number of hydrogen-bond donors (Lipinski definition) is 1. The van der Waals surface area contributed by atoms with Gasteiger partial charge in [0.25, 0.3) is 5.56 Å². The van der Waals surface area contributed by atoms with Crippen molar-refractivity contribution in [1.29, 1.82) is 0 Å². The first kappa shape index (κ1) is 16.7. The van der Waals surface area contributed by atoms with Gasteiger partial charge in [-0.1, -0.05) is 20.8 Å². The Morgan fingerprint density at radius 1 is 1.21 bits per heavy atom. The zero-order valence-electron chi connectivity index (χ0n) is 15.3. The van der Waals surface area contributed by atoms with Gasteiger partial charge in [0.05, 0.1) is 22.6 Å². The average Bonchev–Trinajstić information content (AvgIpc) is 2.83. The summed E-state index contributed by atoms with van der Waals surface area (Å²) in [5.74, 6) is 1.58. The van der Waals surface area contributed by atoms with Crippen molar-refractivity contribution in [2.24, 2.45) is 0 Å². The Kier molecular flexibility index (Phi) is 4.20. The summed E-state index contributed by atoms with van der Waals surface area (Å²) in [5, 5.41) is 0. The fourth-order valence-corrected chi connectivity index (χ4v) is 3.25. The summed E-state index contributed by atoms with van der Waals surface area (Å²) in [7, 11) is 0. The number of hydrogen-bond acceptors (Lipinski definition) is 4. The Hall–Kier alpha value is -2.17. The van der Waals surface area contributed by atoms with Crippen LogP contribution in [-0.4, -0.2) is 27.5 Å². The molecule has 2 aromatic rings. The van der Waals surface area contributed by atoms with Crippen molar-refractivity contribution in [3.8, 4) is 11.3 Å². The Morgan fingerprint density at radius 2 is 1.92 bits per heavy atom. The highest BCUT2D eigenvalue weighted by atomic mass is 16.1. The van der Waals surface area contributed by atoms with Crippen LogP contribution in [0.2, 0.25) is 0 Å². The van der Waals surface area contributed by atoms with Gasteiger partial charge >= 0.3 is 0 Å². The molecule has 128 valence electrons. The lowest BCUT2D eigenvalue weighted by molar-refractivity contribution is 0.663. The molecule has 1 atom stereocenters. The molecule has 5 heteroatoms. The molecule has 1 aliphatic rings. The molecule has 0 saturated heterocycles. The van der Waals surface area contributed by atoms with Crippen molar-refractivity contribution in [2.75, 3.05) is 11.4 Å².